The predicted octanol–water partition coefficient (Wildman–Crippen LogP) is 2.12. The number of amides is 1. The van der Waals surface area contributed by atoms with Gasteiger partial charge in [-0.05, 0) is 12.1 Å². The van der Waals surface area contributed by atoms with E-state index in [1.807, 2.05) is 0 Å². The summed E-state index contributed by atoms with van der Waals surface area (Å²) < 4.78 is 13.3. The minimum absolute atomic E-state index is 0.0462. The molecule has 1 heterocycles. The number of nitriles is 1. The van der Waals surface area contributed by atoms with Crippen LogP contribution in [0.4, 0.5) is 20.9 Å². The molecule has 22 heavy (non-hydrogen) atoms. The Morgan fingerprint density at radius 3 is 2.95 bits per heavy atom. The fourth-order valence-corrected chi connectivity index (χ4v) is 2.13. The maximum Gasteiger partial charge on any atom is 0.306 e. The van der Waals surface area contributed by atoms with E-state index >= 15 is 0 Å². The smallest absolute Gasteiger partial charge is 0.300 e. The summed E-state index contributed by atoms with van der Waals surface area (Å²) in [6.07, 6.45) is 3.23. The number of anilines is 2. The minimum Gasteiger partial charge on any atom is -0.300 e. The fraction of sp³-hybridized carbons (Fsp3) is 0.0833. The first-order chi connectivity index (χ1) is 10.5. The minimum atomic E-state index is -1.01. The summed E-state index contributed by atoms with van der Waals surface area (Å²) in [5, 5.41) is 24.3. The number of carbonyl (C=O) groups is 1. The van der Waals surface area contributed by atoms with Crippen LogP contribution in [0.5, 0.6) is 0 Å². The largest absolute Gasteiger partial charge is 0.306 e. The van der Waals surface area contributed by atoms with Crippen molar-refractivity contribution in [1.82, 2.24) is 4.98 Å². The predicted molar refractivity (Wildman–Crippen MR) is 76.8 cm³/mol. The number of hydrogen-bond acceptors (Lipinski definition) is 7. The monoisotopic (exact) mass is 321 g/mol. The zero-order chi connectivity index (χ0) is 16.1. The number of thiazole rings is 1. The molecule has 0 aliphatic rings. The molecule has 1 amide bonds. The van der Waals surface area contributed by atoms with Gasteiger partial charge in [-0.25, -0.2) is 4.98 Å². The van der Waals surface area contributed by atoms with Gasteiger partial charge in [-0.15, -0.1) is 11.3 Å². The molecule has 0 radical (unpaired) electrons. The van der Waals surface area contributed by atoms with E-state index in [-0.39, 0.29) is 12.2 Å². The second-order valence-electron chi connectivity index (χ2n) is 3.96. The lowest BCUT2D eigenvalue weighted by molar-refractivity contribution is -0.387. The molecule has 112 valence electrons. The van der Waals surface area contributed by atoms with Gasteiger partial charge >= 0.3 is 5.69 Å². The highest BCUT2D eigenvalue weighted by Gasteiger charge is 2.19. The number of rotatable bonds is 5. The third-order valence-electron chi connectivity index (χ3n) is 2.54. The van der Waals surface area contributed by atoms with Crippen LogP contribution in [-0.4, -0.2) is 22.4 Å². The highest BCUT2D eigenvalue weighted by molar-refractivity contribution is 7.13. The van der Waals surface area contributed by atoms with E-state index in [4.69, 9.17) is 5.26 Å². The summed E-state index contributed by atoms with van der Waals surface area (Å²) in [6.45, 7) is -0.376. The molecule has 0 saturated heterocycles. The molecule has 0 fully saturated rings. The molecule has 0 bridgehead atoms. The van der Waals surface area contributed by atoms with Gasteiger partial charge < -0.3 is 5.32 Å². The van der Waals surface area contributed by atoms with Crippen molar-refractivity contribution in [3.05, 3.63) is 45.7 Å². The lowest BCUT2D eigenvalue weighted by Gasteiger charge is -2.14. The zero-order valence-electron chi connectivity index (χ0n) is 10.9. The van der Waals surface area contributed by atoms with Crippen molar-refractivity contribution in [2.45, 2.75) is 0 Å². The molecule has 1 aromatic heterocycles. The summed E-state index contributed by atoms with van der Waals surface area (Å²) in [7, 11) is 0. The molecule has 2 aromatic rings. The molecule has 0 saturated carbocycles. The number of nitro benzene ring substituents is 1. The van der Waals surface area contributed by atoms with Gasteiger partial charge in [0.05, 0.1) is 10.6 Å². The van der Waals surface area contributed by atoms with Crippen LogP contribution in [0.25, 0.3) is 0 Å². The Morgan fingerprint density at radius 1 is 1.59 bits per heavy atom. The quantitative estimate of drug-likeness (QED) is 0.390. The number of nitrogens with one attached hydrogen (secondary N) is 1. The van der Waals surface area contributed by atoms with Crippen LogP contribution in [-0.2, 0) is 4.79 Å². The maximum atomic E-state index is 13.3. The third kappa shape index (κ3) is 3.53. The van der Waals surface area contributed by atoms with Gasteiger partial charge in [0, 0.05) is 17.6 Å². The van der Waals surface area contributed by atoms with E-state index in [0.717, 1.165) is 17.0 Å². The van der Waals surface area contributed by atoms with E-state index in [9.17, 15) is 19.3 Å². The maximum absolute atomic E-state index is 13.3. The Morgan fingerprint density at radius 2 is 2.36 bits per heavy atom. The first-order valence-electron chi connectivity index (χ1n) is 5.82. The average Bonchev–Trinajstić information content (AvgIpc) is 2.98. The van der Waals surface area contributed by atoms with E-state index in [0.29, 0.717) is 5.13 Å². The Bertz CT molecular complexity index is 744. The van der Waals surface area contributed by atoms with E-state index in [2.05, 4.69) is 10.3 Å². The van der Waals surface area contributed by atoms with Crippen molar-refractivity contribution in [2.24, 2.45) is 0 Å². The number of nitrogens with zero attached hydrogens (tertiary/aromatic N) is 4. The van der Waals surface area contributed by atoms with Crippen LogP contribution in [0.15, 0.2) is 29.8 Å². The molecule has 2 rings (SSSR count). The van der Waals surface area contributed by atoms with Crippen molar-refractivity contribution < 1.29 is 14.1 Å². The molecule has 0 aliphatic heterocycles. The highest BCUT2D eigenvalue weighted by atomic mass is 32.1. The van der Waals surface area contributed by atoms with Gasteiger partial charge in [0.25, 0.3) is 0 Å². The number of halogens is 1. The third-order valence-corrected chi connectivity index (χ3v) is 3.23. The molecule has 10 heteroatoms. The second kappa shape index (κ2) is 6.59. The van der Waals surface area contributed by atoms with Crippen LogP contribution < -0.4 is 10.2 Å². The van der Waals surface area contributed by atoms with Crippen molar-refractivity contribution >= 4 is 33.8 Å². The standard InChI is InChI=1S/C12H8FN5O3S/c13-9-2-1-8(5-10(9)18(20)21)17(7-14)6-11(19)16-12-15-3-4-22-12/h1-5H,6H2,(H,15,16,19). The molecular formula is C12H8FN5O3S. The van der Waals surface area contributed by atoms with Gasteiger partial charge in [-0.2, -0.15) is 9.65 Å². The van der Waals surface area contributed by atoms with Crippen LogP contribution in [0.3, 0.4) is 0 Å². The van der Waals surface area contributed by atoms with Crippen molar-refractivity contribution in [3.63, 3.8) is 0 Å². The van der Waals surface area contributed by atoms with Crippen LogP contribution in [0, 0.1) is 27.4 Å². The van der Waals surface area contributed by atoms with Crippen LogP contribution in [0.1, 0.15) is 0 Å². The molecule has 0 aliphatic carbocycles. The van der Waals surface area contributed by atoms with Crippen LogP contribution >= 0.6 is 11.3 Å². The molecule has 0 spiro atoms. The highest BCUT2D eigenvalue weighted by Crippen LogP contribution is 2.24. The molecule has 0 unspecified atom stereocenters. The molecular weight excluding hydrogens is 313 g/mol. The summed E-state index contributed by atoms with van der Waals surface area (Å²) >= 11 is 1.21. The van der Waals surface area contributed by atoms with Crippen molar-refractivity contribution in [2.75, 3.05) is 16.8 Å². The Hall–Kier alpha value is -3.06. The number of benzene rings is 1. The topological polar surface area (TPSA) is 112 Å². The number of aromatic nitrogens is 1. The lowest BCUT2D eigenvalue weighted by Crippen LogP contribution is -2.29. The molecule has 1 N–H and O–H groups in total. The second-order valence-corrected chi connectivity index (χ2v) is 4.86. The Kier molecular flexibility index (Phi) is 4.60. The van der Waals surface area contributed by atoms with Gasteiger partial charge in [-0.1, -0.05) is 0 Å². The van der Waals surface area contributed by atoms with Crippen LogP contribution in [0.2, 0.25) is 0 Å². The summed E-state index contributed by atoms with van der Waals surface area (Å²) in [4.78, 5) is 26.4. The number of carbonyl (C=O) groups excluding carboxylic acids is 1. The zero-order valence-corrected chi connectivity index (χ0v) is 11.7. The van der Waals surface area contributed by atoms with E-state index in [1.165, 1.54) is 23.6 Å². The van der Waals surface area contributed by atoms with Crippen molar-refractivity contribution in [1.29, 1.82) is 5.26 Å². The lowest BCUT2D eigenvalue weighted by atomic mass is 10.2. The average molecular weight is 321 g/mol. The summed E-state index contributed by atoms with van der Waals surface area (Å²) in [5.41, 5.74) is -0.719. The first kappa shape index (κ1) is 15.3. The molecule has 1 aromatic carbocycles. The normalized spacial score (nSPS) is 9.82. The number of hydrogen-bond donors (Lipinski definition) is 1. The fourth-order valence-electron chi connectivity index (χ4n) is 1.58. The van der Waals surface area contributed by atoms with E-state index < -0.39 is 22.3 Å². The van der Waals surface area contributed by atoms with Gasteiger partial charge in [0.1, 0.15) is 6.54 Å². The summed E-state index contributed by atoms with van der Waals surface area (Å²) in [5.74, 6) is -1.54. The molecule has 0 atom stereocenters. The Labute approximate surface area is 127 Å². The van der Waals surface area contributed by atoms with E-state index in [1.54, 1.807) is 11.6 Å². The van der Waals surface area contributed by atoms with Gasteiger partial charge in [-0.3, -0.25) is 19.8 Å². The number of nitro groups is 1. The Balaban J connectivity index is 2.15. The SMILES string of the molecule is N#CN(CC(=O)Nc1nccs1)c1ccc(F)c([N+](=O)[O-])c1. The van der Waals surface area contributed by atoms with Crippen molar-refractivity contribution in [3.8, 4) is 6.19 Å². The summed E-state index contributed by atoms with van der Waals surface area (Å²) in [6, 6.07) is 2.95. The van der Waals surface area contributed by atoms with Gasteiger partial charge in [0.15, 0.2) is 11.3 Å². The van der Waals surface area contributed by atoms with Gasteiger partial charge in [0.2, 0.25) is 11.7 Å². The molecule has 8 nitrogen and oxygen atoms in total. The first-order valence-corrected chi connectivity index (χ1v) is 6.70.